The number of anilines is 1. The smallest absolute Gasteiger partial charge is 0.350 e. The van der Waals surface area contributed by atoms with Gasteiger partial charge in [-0.25, -0.2) is 4.79 Å². The number of hydrazone groups is 1. The minimum Gasteiger partial charge on any atom is -0.465 e. The third kappa shape index (κ3) is 3.93. The topological polar surface area (TPSA) is 120 Å². The number of hydrogen-bond donors (Lipinski definition) is 3. The number of nitrogens with two attached hydrogens (primary N) is 2. The van der Waals surface area contributed by atoms with Gasteiger partial charge in [0.25, 0.3) is 0 Å². The van der Waals surface area contributed by atoms with Crippen LogP contribution in [0.3, 0.4) is 0 Å². The molecule has 0 saturated heterocycles. The van der Waals surface area contributed by atoms with Crippen molar-refractivity contribution in [1.29, 1.82) is 0 Å². The van der Waals surface area contributed by atoms with Gasteiger partial charge in [0.15, 0.2) is 5.17 Å². The molecule has 0 aromatic carbocycles. The molecule has 1 aromatic rings. The number of thioether (sulfide) groups is 1. The van der Waals surface area contributed by atoms with Gasteiger partial charge in [-0.15, -0.1) is 11.3 Å². The quantitative estimate of drug-likeness (QED) is 0.242. The zero-order valence-electron chi connectivity index (χ0n) is 9.50. The van der Waals surface area contributed by atoms with E-state index in [1.165, 1.54) is 18.4 Å². The second-order valence-electron chi connectivity index (χ2n) is 2.96. The van der Waals surface area contributed by atoms with E-state index in [-0.39, 0.29) is 16.8 Å². The van der Waals surface area contributed by atoms with Crippen molar-refractivity contribution in [2.75, 3.05) is 18.2 Å². The summed E-state index contributed by atoms with van der Waals surface area (Å²) in [5.41, 5.74) is 5.75. The summed E-state index contributed by atoms with van der Waals surface area (Å²) in [5.74, 6) is 4.19. The van der Waals surface area contributed by atoms with Gasteiger partial charge in [-0.05, 0) is 11.4 Å². The number of amidine groups is 1. The van der Waals surface area contributed by atoms with E-state index in [1.807, 2.05) is 0 Å². The average Bonchev–Trinajstić information content (AvgIpc) is 2.82. The number of amides is 1. The van der Waals surface area contributed by atoms with Gasteiger partial charge in [-0.2, -0.15) is 5.10 Å². The van der Waals surface area contributed by atoms with Gasteiger partial charge in [0, 0.05) is 0 Å². The minimum absolute atomic E-state index is 0.0585. The van der Waals surface area contributed by atoms with E-state index in [9.17, 15) is 9.59 Å². The number of esters is 1. The molecule has 9 heteroatoms. The largest absolute Gasteiger partial charge is 0.465 e. The summed E-state index contributed by atoms with van der Waals surface area (Å²) < 4.78 is 4.59. The number of nitrogens with one attached hydrogen (secondary N) is 1. The third-order valence-electron chi connectivity index (χ3n) is 1.79. The van der Waals surface area contributed by atoms with Crippen LogP contribution in [0.15, 0.2) is 16.5 Å². The molecule has 0 fully saturated rings. The van der Waals surface area contributed by atoms with Crippen molar-refractivity contribution in [3.8, 4) is 0 Å². The van der Waals surface area contributed by atoms with E-state index >= 15 is 0 Å². The second-order valence-corrected chi connectivity index (χ2v) is 4.87. The molecular formula is C9H12N4O3S2. The number of ether oxygens (including phenoxy) is 1. The highest BCUT2D eigenvalue weighted by atomic mass is 32.2. The number of methoxy groups -OCH3 is 1. The van der Waals surface area contributed by atoms with Crippen molar-refractivity contribution in [2.24, 2.45) is 16.7 Å². The monoisotopic (exact) mass is 288 g/mol. The van der Waals surface area contributed by atoms with Crippen molar-refractivity contribution in [1.82, 2.24) is 0 Å². The Balaban J connectivity index is 2.60. The molecule has 0 aliphatic carbocycles. The van der Waals surface area contributed by atoms with Gasteiger partial charge >= 0.3 is 5.97 Å². The fraction of sp³-hybridized carbons (Fsp3) is 0.222. The molecule has 1 amide bonds. The van der Waals surface area contributed by atoms with Crippen molar-refractivity contribution < 1.29 is 14.3 Å². The van der Waals surface area contributed by atoms with Crippen molar-refractivity contribution in [2.45, 2.75) is 0 Å². The van der Waals surface area contributed by atoms with Crippen LogP contribution in [-0.4, -0.2) is 29.9 Å². The summed E-state index contributed by atoms with van der Waals surface area (Å²) in [6, 6.07) is 1.62. The number of hydrogen-bond acceptors (Lipinski definition) is 7. The first-order chi connectivity index (χ1) is 8.58. The van der Waals surface area contributed by atoms with E-state index in [1.54, 1.807) is 11.4 Å². The Bertz CT molecular complexity index is 472. The lowest BCUT2D eigenvalue weighted by Crippen LogP contribution is -2.19. The predicted octanol–water partition coefficient (Wildman–Crippen LogP) is 0.395. The van der Waals surface area contributed by atoms with E-state index in [0.717, 1.165) is 11.8 Å². The van der Waals surface area contributed by atoms with E-state index < -0.39 is 5.97 Å². The molecule has 1 aromatic heterocycles. The molecular weight excluding hydrogens is 276 g/mol. The van der Waals surface area contributed by atoms with Gasteiger partial charge in [0.05, 0.1) is 18.6 Å². The summed E-state index contributed by atoms with van der Waals surface area (Å²) in [6.07, 6.45) is 0. The SMILES string of the molecule is COC(=O)c1sccc1NC(=O)CSC(N)=NN. The molecule has 1 rings (SSSR count). The summed E-state index contributed by atoms with van der Waals surface area (Å²) >= 11 is 2.19. The Morgan fingerprint density at radius 2 is 2.33 bits per heavy atom. The second kappa shape index (κ2) is 6.87. The molecule has 0 spiro atoms. The lowest BCUT2D eigenvalue weighted by molar-refractivity contribution is -0.113. The zero-order valence-corrected chi connectivity index (χ0v) is 11.1. The molecule has 0 saturated carbocycles. The molecule has 0 aliphatic rings. The van der Waals surface area contributed by atoms with Crippen molar-refractivity contribution in [3.63, 3.8) is 0 Å². The average molecular weight is 288 g/mol. The van der Waals surface area contributed by atoms with Crippen LogP contribution in [-0.2, 0) is 9.53 Å². The summed E-state index contributed by atoms with van der Waals surface area (Å²) in [7, 11) is 1.28. The molecule has 1 heterocycles. The fourth-order valence-corrected chi connectivity index (χ4v) is 2.21. The summed E-state index contributed by atoms with van der Waals surface area (Å²) in [4.78, 5) is 23.3. The first-order valence-electron chi connectivity index (χ1n) is 4.70. The number of carbonyl (C=O) groups is 2. The Kier molecular flexibility index (Phi) is 5.46. The minimum atomic E-state index is -0.490. The van der Waals surface area contributed by atoms with Crippen LogP contribution in [0.4, 0.5) is 5.69 Å². The van der Waals surface area contributed by atoms with Crippen LogP contribution >= 0.6 is 23.1 Å². The van der Waals surface area contributed by atoms with Gasteiger partial charge in [-0.1, -0.05) is 11.8 Å². The van der Waals surface area contributed by atoms with E-state index in [0.29, 0.717) is 10.6 Å². The summed E-state index contributed by atoms with van der Waals surface area (Å²) in [5, 5.41) is 7.61. The highest BCUT2D eigenvalue weighted by molar-refractivity contribution is 8.14. The lowest BCUT2D eigenvalue weighted by atomic mass is 10.4. The van der Waals surface area contributed by atoms with Crippen LogP contribution in [0.25, 0.3) is 0 Å². The standard InChI is InChI=1S/C9H12N4O3S2/c1-16-8(15)7-5(2-3-17-7)12-6(14)4-18-9(10)13-11/h2-3H,4,11H2,1H3,(H2,10,13)(H,12,14). The van der Waals surface area contributed by atoms with Crippen molar-refractivity contribution >= 4 is 45.8 Å². The van der Waals surface area contributed by atoms with Gasteiger partial charge in [-0.3, -0.25) is 4.79 Å². The zero-order chi connectivity index (χ0) is 13.5. The Morgan fingerprint density at radius 1 is 1.61 bits per heavy atom. The lowest BCUT2D eigenvalue weighted by Gasteiger charge is -2.04. The van der Waals surface area contributed by atoms with E-state index in [2.05, 4.69) is 15.2 Å². The van der Waals surface area contributed by atoms with Gasteiger partial charge < -0.3 is 21.6 Å². The molecule has 0 atom stereocenters. The highest BCUT2D eigenvalue weighted by Gasteiger charge is 2.15. The Labute approximate surface area is 112 Å². The Hall–Kier alpha value is -1.74. The molecule has 98 valence electrons. The normalized spacial score (nSPS) is 11.1. The fourth-order valence-electron chi connectivity index (χ4n) is 1.02. The predicted molar refractivity (Wildman–Crippen MR) is 72.6 cm³/mol. The number of thiophene rings is 1. The molecule has 5 N–H and O–H groups in total. The third-order valence-corrected chi connectivity index (χ3v) is 3.49. The van der Waals surface area contributed by atoms with Gasteiger partial charge in [0.2, 0.25) is 5.91 Å². The number of rotatable bonds is 4. The molecule has 0 radical (unpaired) electrons. The maximum atomic E-state index is 11.6. The molecule has 0 aliphatic heterocycles. The van der Waals surface area contributed by atoms with Crippen LogP contribution in [0.2, 0.25) is 0 Å². The number of carbonyl (C=O) groups excluding carboxylic acids is 2. The molecule has 0 bridgehead atoms. The van der Waals surface area contributed by atoms with Crippen LogP contribution < -0.4 is 16.9 Å². The van der Waals surface area contributed by atoms with Crippen LogP contribution in [0.5, 0.6) is 0 Å². The number of nitrogens with zero attached hydrogens (tertiary/aromatic N) is 1. The summed E-state index contributed by atoms with van der Waals surface area (Å²) in [6.45, 7) is 0. The highest BCUT2D eigenvalue weighted by Crippen LogP contribution is 2.23. The molecule has 7 nitrogen and oxygen atoms in total. The van der Waals surface area contributed by atoms with E-state index in [4.69, 9.17) is 11.6 Å². The first kappa shape index (κ1) is 14.3. The maximum Gasteiger partial charge on any atom is 0.350 e. The van der Waals surface area contributed by atoms with Crippen LogP contribution in [0, 0.1) is 0 Å². The Morgan fingerprint density at radius 3 is 2.94 bits per heavy atom. The van der Waals surface area contributed by atoms with Crippen LogP contribution in [0.1, 0.15) is 9.67 Å². The first-order valence-corrected chi connectivity index (χ1v) is 6.56. The molecule has 18 heavy (non-hydrogen) atoms. The molecule has 0 unspecified atom stereocenters. The maximum absolute atomic E-state index is 11.6. The van der Waals surface area contributed by atoms with Crippen molar-refractivity contribution in [3.05, 3.63) is 16.3 Å². The van der Waals surface area contributed by atoms with Gasteiger partial charge in [0.1, 0.15) is 4.88 Å².